The van der Waals surface area contributed by atoms with Crippen molar-refractivity contribution in [1.29, 1.82) is 0 Å². The highest BCUT2D eigenvalue weighted by Gasteiger charge is 1.61. The number of rotatable bonds is 3. The van der Waals surface area contributed by atoms with Crippen LogP contribution >= 0.6 is 0 Å². The second kappa shape index (κ2) is 58.4. The molecule has 0 bridgehead atoms. The molecule has 0 fully saturated rings. The molecule has 0 nitrogen and oxygen atoms in total. The molecule has 84 valence electrons. The van der Waals surface area contributed by atoms with Crippen molar-refractivity contribution in [3.63, 3.8) is 0 Å². The van der Waals surface area contributed by atoms with Gasteiger partial charge in [-0.05, 0) is 19.8 Å². The van der Waals surface area contributed by atoms with Gasteiger partial charge < -0.3 is 0 Å². The van der Waals surface area contributed by atoms with Crippen LogP contribution in [0.3, 0.4) is 0 Å². The van der Waals surface area contributed by atoms with E-state index in [1.807, 2.05) is 19.1 Å². The predicted molar refractivity (Wildman–Crippen MR) is 72.7 cm³/mol. The number of hydrogen-bond acceptors (Lipinski definition) is 0. The zero-order valence-electron chi connectivity index (χ0n) is 10.4. The summed E-state index contributed by atoms with van der Waals surface area (Å²) in [4.78, 5) is 0. The number of hydrogen-bond donors (Lipinski definition) is 0. The minimum absolute atomic E-state index is 1.08. The Bertz CT molecular complexity index is 90.2. The number of allylic oxidation sites excluding steroid dienone is 3. The molecule has 0 N–H and O–H groups in total. The van der Waals surface area contributed by atoms with Crippen molar-refractivity contribution in [2.24, 2.45) is 0 Å². The quantitative estimate of drug-likeness (QED) is 0.519. The van der Waals surface area contributed by atoms with Crippen molar-refractivity contribution in [3.05, 3.63) is 51.1 Å². The fourth-order valence-electron chi connectivity index (χ4n) is 0.204. The van der Waals surface area contributed by atoms with E-state index in [9.17, 15) is 0 Å². The Morgan fingerprint density at radius 3 is 1.21 bits per heavy atom. The Labute approximate surface area is 91.7 Å². The zero-order chi connectivity index (χ0) is 12.2. The summed E-state index contributed by atoms with van der Waals surface area (Å²) in [5, 5.41) is 0. The van der Waals surface area contributed by atoms with Gasteiger partial charge in [-0.15, -0.1) is 32.9 Å². The van der Waals surface area contributed by atoms with Crippen LogP contribution in [0.25, 0.3) is 0 Å². The Hall–Kier alpha value is -1.04. The van der Waals surface area contributed by atoms with Crippen LogP contribution < -0.4 is 0 Å². The fourth-order valence-corrected chi connectivity index (χ4v) is 0.204. The van der Waals surface area contributed by atoms with E-state index in [0.29, 0.717) is 0 Å². The second-order valence-corrected chi connectivity index (χ2v) is 2.18. The molecule has 0 rings (SSSR count). The molecule has 0 radical (unpaired) electrons. The third kappa shape index (κ3) is 283. The average Bonchev–Trinajstić information content (AvgIpc) is 2.24. The summed E-state index contributed by atoms with van der Waals surface area (Å²) < 4.78 is 0. The summed E-state index contributed by atoms with van der Waals surface area (Å²) in [5.74, 6) is 0. The van der Waals surface area contributed by atoms with Crippen LogP contribution in [-0.2, 0) is 0 Å². The summed E-state index contributed by atoms with van der Waals surface area (Å²) in [7, 11) is 0. The van der Waals surface area contributed by atoms with Gasteiger partial charge in [0.25, 0.3) is 0 Å². The summed E-state index contributed by atoms with van der Waals surface area (Å²) in [5.41, 5.74) is 0. The first-order chi connectivity index (χ1) is 6.74. The molecule has 0 spiro atoms. The number of unbranched alkanes of at least 4 members (excludes halogenated alkanes) is 1. The third-order valence-corrected chi connectivity index (χ3v) is 0.781. The van der Waals surface area contributed by atoms with Gasteiger partial charge >= 0.3 is 0 Å². The van der Waals surface area contributed by atoms with Crippen LogP contribution in [0.15, 0.2) is 51.1 Å². The normalized spacial score (nSPS) is 5.64. The maximum absolute atomic E-state index is 3.55. The fraction of sp³-hybridized carbons (Fsp3) is 0.429. The van der Waals surface area contributed by atoms with Crippen LogP contribution in [0.5, 0.6) is 0 Å². The smallest absolute Gasteiger partial charge is 0.0356 e. The highest BCUT2D eigenvalue weighted by Crippen LogP contribution is 1.82. The van der Waals surface area contributed by atoms with E-state index in [1.54, 1.807) is 6.08 Å². The van der Waals surface area contributed by atoms with E-state index in [1.165, 1.54) is 6.42 Å². The molecule has 0 amide bonds. The van der Waals surface area contributed by atoms with Crippen molar-refractivity contribution in [2.75, 3.05) is 0 Å². The van der Waals surface area contributed by atoms with E-state index >= 15 is 0 Å². The first-order valence-corrected chi connectivity index (χ1v) is 5.03. The molecule has 0 heterocycles. The van der Waals surface area contributed by atoms with Crippen LogP contribution in [0.2, 0.25) is 0 Å². The van der Waals surface area contributed by atoms with Gasteiger partial charge in [-0.25, -0.2) is 0 Å². The van der Waals surface area contributed by atoms with E-state index in [-0.39, 0.29) is 0 Å². The lowest BCUT2D eigenvalue weighted by Crippen LogP contribution is -1.52. The van der Waals surface area contributed by atoms with E-state index in [0.717, 1.165) is 12.8 Å². The Morgan fingerprint density at radius 1 is 0.929 bits per heavy atom. The maximum atomic E-state index is 3.55. The maximum Gasteiger partial charge on any atom is -0.0356 e. The van der Waals surface area contributed by atoms with Crippen LogP contribution in [-0.4, -0.2) is 0 Å². The molecule has 0 aromatic rings. The predicted octanol–water partition coefficient (Wildman–Crippen LogP) is 5.55. The van der Waals surface area contributed by atoms with Gasteiger partial charge in [0.15, 0.2) is 0 Å². The van der Waals surface area contributed by atoms with Crippen molar-refractivity contribution in [2.45, 2.75) is 40.0 Å². The molecule has 0 aromatic carbocycles. The molecule has 0 unspecified atom stereocenters. The van der Waals surface area contributed by atoms with Gasteiger partial charge in [-0.3, -0.25) is 0 Å². The van der Waals surface area contributed by atoms with Gasteiger partial charge in [0, 0.05) is 0 Å². The minimum Gasteiger partial charge on any atom is -0.106 e. The lowest BCUT2D eigenvalue weighted by molar-refractivity contribution is 0.961. The summed E-state index contributed by atoms with van der Waals surface area (Å²) in [6.45, 7) is 22.5. The van der Waals surface area contributed by atoms with Crippen molar-refractivity contribution >= 4 is 0 Å². The van der Waals surface area contributed by atoms with Crippen molar-refractivity contribution < 1.29 is 0 Å². The van der Waals surface area contributed by atoms with E-state index < -0.39 is 0 Å². The van der Waals surface area contributed by atoms with E-state index in [2.05, 4.69) is 46.7 Å². The molecule has 0 heteroatoms. The molecule has 0 atom stereocenters. The molecule has 0 saturated carbocycles. The molecule has 0 aromatic heterocycles. The molecule has 14 heavy (non-hydrogen) atoms. The second-order valence-electron chi connectivity index (χ2n) is 2.18. The summed E-state index contributed by atoms with van der Waals surface area (Å²) in [6.07, 6.45) is 9.02. The summed E-state index contributed by atoms with van der Waals surface area (Å²) in [6, 6.07) is 0. The third-order valence-electron chi connectivity index (χ3n) is 0.781. The van der Waals surface area contributed by atoms with Crippen LogP contribution in [0.4, 0.5) is 0 Å². The summed E-state index contributed by atoms with van der Waals surface area (Å²) >= 11 is 0. The highest BCUT2D eigenvalue weighted by molar-refractivity contribution is 4.63. The first-order valence-electron chi connectivity index (χ1n) is 5.03. The minimum atomic E-state index is 1.08. The molecule has 0 aliphatic heterocycles. The topological polar surface area (TPSA) is 0 Å². The monoisotopic (exact) mass is 196 g/mol. The molecule has 0 aliphatic carbocycles. The van der Waals surface area contributed by atoms with Gasteiger partial charge in [0.1, 0.15) is 0 Å². The Morgan fingerprint density at radius 2 is 1.21 bits per heavy atom. The highest BCUT2D eigenvalue weighted by atomic mass is 13.7. The Balaban J connectivity index is -0.0000000505. The van der Waals surface area contributed by atoms with Gasteiger partial charge in [0.2, 0.25) is 0 Å². The van der Waals surface area contributed by atoms with Gasteiger partial charge in [-0.2, -0.15) is 0 Å². The van der Waals surface area contributed by atoms with Crippen molar-refractivity contribution in [3.8, 4) is 0 Å². The largest absolute Gasteiger partial charge is 0.106 e. The molecular weight excluding hydrogens is 168 g/mol. The molecule has 0 aliphatic rings. The van der Waals surface area contributed by atoms with Gasteiger partial charge in [0.05, 0.1) is 0 Å². The van der Waals surface area contributed by atoms with E-state index in [4.69, 9.17) is 0 Å². The SMILES string of the molecule is C=C.C=CC.C=CCC.C=CCCC. The zero-order valence-corrected chi connectivity index (χ0v) is 10.4. The van der Waals surface area contributed by atoms with Crippen molar-refractivity contribution in [1.82, 2.24) is 0 Å². The average molecular weight is 196 g/mol. The Kier molecular flexibility index (Phi) is 96.3. The molecule has 0 saturated heterocycles. The lowest BCUT2D eigenvalue weighted by atomic mass is 10.3. The molecular formula is C14H28. The standard InChI is InChI=1S/C5H10.C4H8.C3H6.C2H4/c1-3-5-4-2;1-3-4-2;1-3-2;1-2/h3H,1,4-5H2,2H3;3H,1,4H2,2H3;3H,1H2,2H3;1-2H2. The van der Waals surface area contributed by atoms with Crippen LogP contribution in [0.1, 0.15) is 40.0 Å². The van der Waals surface area contributed by atoms with Gasteiger partial charge in [-0.1, -0.05) is 38.5 Å². The first kappa shape index (κ1) is 23.1. The van der Waals surface area contributed by atoms with Crippen LogP contribution in [0, 0.1) is 0 Å². The lowest BCUT2D eigenvalue weighted by Gasteiger charge is -1.72.